The molecule has 0 unspecified atom stereocenters. The summed E-state index contributed by atoms with van der Waals surface area (Å²) in [5, 5.41) is 14.6. The number of benzene rings is 9. The van der Waals surface area contributed by atoms with Gasteiger partial charge in [-0.05, 0) is 80.8 Å². The van der Waals surface area contributed by atoms with Crippen LogP contribution < -0.4 is 0 Å². The van der Waals surface area contributed by atoms with Crippen LogP contribution in [0.15, 0.2) is 174 Å². The number of aromatic nitrogens is 2. The Hall–Kier alpha value is -6.84. The molecule has 9 aromatic carbocycles. The molecule has 12 aromatic rings. The standard InChI is InChI=1S/C48H28N2O/c1-2-12-29(13-3-1)49-43-20-10-8-18-36(43)38-24-26-40-41-27-25-39-37-19-9-11-21-44(37)50(46(39)48(41)51-47(40)45(38)49)30-22-23-35-33-16-5-4-14-31(33)32-15-6-7-17-34(32)42(35)28-30/h1-28H. The largest absolute Gasteiger partial charge is 0.452 e. The molecule has 0 spiro atoms. The van der Waals surface area contributed by atoms with E-state index < -0.39 is 0 Å². The van der Waals surface area contributed by atoms with E-state index in [0.29, 0.717) is 0 Å². The van der Waals surface area contributed by atoms with Crippen molar-refractivity contribution in [1.82, 2.24) is 9.13 Å². The van der Waals surface area contributed by atoms with E-state index in [1.165, 1.54) is 59.4 Å². The molecule has 3 heteroatoms. The summed E-state index contributed by atoms with van der Waals surface area (Å²) < 4.78 is 12.0. The number of furan rings is 1. The molecule has 0 bridgehead atoms. The average Bonchev–Trinajstić information content (AvgIpc) is 3.86. The topological polar surface area (TPSA) is 23.0 Å². The maximum Gasteiger partial charge on any atom is 0.160 e. The number of para-hydroxylation sites is 3. The highest BCUT2D eigenvalue weighted by atomic mass is 16.3. The molecule has 0 saturated heterocycles. The van der Waals surface area contributed by atoms with Gasteiger partial charge in [-0.25, -0.2) is 0 Å². The summed E-state index contributed by atoms with van der Waals surface area (Å²) in [6.45, 7) is 0. The second-order valence-corrected chi connectivity index (χ2v) is 13.6. The first-order valence-electron chi connectivity index (χ1n) is 17.5. The molecule has 3 nitrogen and oxygen atoms in total. The Labute approximate surface area is 291 Å². The lowest BCUT2D eigenvalue weighted by molar-refractivity contribution is 0.673. The molecule has 3 aromatic heterocycles. The van der Waals surface area contributed by atoms with Crippen molar-refractivity contribution < 1.29 is 4.42 Å². The van der Waals surface area contributed by atoms with Crippen LogP contribution in [-0.2, 0) is 0 Å². The SMILES string of the molecule is c1ccc(-n2c3ccccc3c3ccc4c5ccc6c7ccccc7n(-c7ccc8c9ccccc9c9ccccc9c8c7)c6c5oc4c32)cc1. The van der Waals surface area contributed by atoms with E-state index in [-0.39, 0.29) is 0 Å². The number of hydrogen-bond donors (Lipinski definition) is 0. The summed E-state index contributed by atoms with van der Waals surface area (Å²) in [5.41, 5.74) is 8.55. The highest BCUT2D eigenvalue weighted by Gasteiger charge is 2.23. The fourth-order valence-corrected chi connectivity index (χ4v) is 8.94. The molecule has 3 heterocycles. The first kappa shape index (κ1) is 27.0. The van der Waals surface area contributed by atoms with Crippen LogP contribution in [-0.4, -0.2) is 9.13 Å². The number of fused-ring (bicyclic) bond motifs is 17. The predicted octanol–water partition coefficient (Wildman–Crippen LogP) is 13.2. The van der Waals surface area contributed by atoms with Gasteiger partial charge in [0.25, 0.3) is 0 Å². The van der Waals surface area contributed by atoms with Gasteiger partial charge in [0.2, 0.25) is 0 Å². The second kappa shape index (κ2) is 9.87. The number of rotatable bonds is 2. The molecule has 0 atom stereocenters. The van der Waals surface area contributed by atoms with E-state index in [9.17, 15) is 0 Å². The lowest BCUT2D eigenvalue weighted by Gasteiger charge is -2.13. The zero-order valence-electron chi connectivity index (χ0n) is 27.5. The normalized spacial score (nSPS) is 12.3. The van der Waals surface area contributed by atoms with Gasteiger partial charge in [0.1, 0.15) is 0 Å². The minimum Gasteiger partial charge on any atom is -0.452 e. The fourth-order valence-electron chi connectivity index (χ4n) is 8.94. The quantitative estimate of drug-likeness (QED) is 0.171. The number of hydrogen-bond acceptors (Lipinski definition) is 1. The number of nitrogens with zero attached hydrogens (tertiary/aromatic N) is 2. The Morgan fingerprint density at radius 3 is 1.22 bits per heavy atom. The van der Waals surface area contributed by atoms with Crippen LogP contribution in [0.1, 0.15) is 0 Å². The molecule has 0 aliphatic carbocycles. The predicted molar refractivity (Wildman–Crippen MR) is 215 cm³/mol. The molecule has 236 valence electrons. The molecule has 0 aliphatic heterocycles. The third kappa shape index (κ3) is 3.52. The fraction of sp³-hybridized carbons (Fsp3) is 0. The molecule has 0 radical (unpaired) electrons. The Kier molecular flexibility index (Phi) is 5.23. The van der Waals surface area contributed by atoms with Crippen molar-refractivity contribution >= 4 is 97.9 Å². The molecule has 51 heavy (non-hydrogen) atoms. The smallest absolute Gasteiger partial charge is 0.160 e. The van der Waals surface area contributed by atoms with Gasteiger partial charge in [-0.15, -0.1) is 0 Å². The van der Waals surface area contributed by atoms with Gasteiger partial charge in [0, 0.05) is 43.7 Å². The van der Waals surface area contributed by atoms with E-state index in [2.05, 4.69) is 179 Å². The van der Waals surface area contributed by atoms with Gasteiger partial charge >= 0.3 is 0 Å². The van der Waals surface area contributed by atoms with E-state index in [0.717, 1.165) is 49.9 Å². The van der Waals surface area contributed by atoms with E-state index in [1.54, 1.807) is 0 Å². The Balaban J connectivity index is 1.24. The van der Waals surface area contributed by atoms with Crippen LogP contribution in [0.3, 0.4) is 0 Å². The molecular weight excluding hydrogens is 621 g/mol. The van der Waals surface area contributed by atoms with Crippen LogP contribution in [0.5, 0.6) is 0 Å². The summed E-state index contributed by atoms with van der Waals surface area (Å²) >= 11 is 0. The van der Waals surface area contributed by atoms with E-state index in [4.69, 9.17) is 4.42 Å². The second-order valence-electron chi connectivity index (χ2n) is 13.6. The maximum absolute atomic E-state index is 7.24. The zero-order chi connectivity index (χ0) is 33.2. The molecule has 0 aliphatic rings. The highest BCUT2D eigenvalue weighted by Crippen LogP contribution is 2.45. The molecule has 0 amide bonds. The lowest BCUT2D eigenvalue weighted by atomic mass is 9.94. The van der Waals surface area contributed by atoms with Crippen LogP contribution in [0.2, 0.25) is 0 Å². The third-order valence-electron chi connectivity index (χ3n) is 11.1. The molecule has 0 N–H and O–H groups in total. The van der Waals surface area contributed by atoms with E-state index in [1.807, 2.05) is 0 Å². The highest BCUT2D eigenvalue weighted by molar-refractivity contribution is 6.28. The van der Waals surface area contributed by atoms with Gasteiger partial charge in [-0.2, -0.15) is 0 Å². The summed E-state index contributed by atoms with van der Waals surface area (Å²) in [6, 6.07) is 61.6. The van der Waals surface area contributed by atoms with Gasteiger partial charge in [0.15, 0.2) is 11.2 Å². The van der Waals surface area contributed by atoms with Crippen molar-refractivity contribution in [3.63, 3.8) is 0 Å². The van der Waals surface area contributed by atoms with Crippen molar-refractivity contribution in [1.29, 1.82) is 0 Å². The molecule has 12 rings (SSSR count). The first-order valence-corrected chi connectivity index (χ1v) is 17.5. The van der Waals surface area contributed by atoms with Gasteiger partial charge < -0.3 is 13.6 Å². The van der Waals surface area contributed by atoms with Crippen LogP contribution >= 0.6 is 0 Å². The molecule has 0 fully saturated rings. The summed E-state index contributed by atoms with van der Waals surface area (Å²) in [6.07, 6.45) is 0. The van der Waals surface area contributed by atoms with Gasteiger partial charge in [0.05, 0.1) is 22.1 Å². The minimum absolute atomic E-state index is 0.902. The average molecular weight is 649 g/mol. The first-order chi connectivity index (χ1) is 25.3. The summed E-state index contributed by atoms with van der Waals surface area (Å²) in [7, 11) is 0. The summed E-state index contributed by atoms with van der Waals surface area (Å²) in [5.74, 6) is 0. The monoisotopic (exact) mass is 648 g/mol. The van der Waals surface area contributed by atoms with Crippen molar-refractivity contribution in [2.75, 3.05) is 0 Å². The van der Waals surface area contributed by atoms with Crippen LogP contribution in [0, 0.1) is 0 Å². The van der Waals surface area contributed by atoms with Crippen molar-refractivity contribution in [3.05, 3.63) is 170 Å². The van der Waals surface area contributed by atoms with Crippen molar-refractivity contribution in [2.24, 2.45) is 0 Å². The van der Waals surface area contributed by atoms with Gasteiger partial charge in [-0.3, -0.25) is 0 Å². The summed E-state index contributed by atoms with van der Waals surface area (Å²) in [4.78, 5) is 0. The Bertz CT molecular complexity index is 3380. The Morgan fingerprint density at radius 1 is 0.275 bits per heavy atom. The van der Waals surface area contributed by atoms with E-state index >= 15 is 0 Å². The van der Waals surface area contributed by atoms with Crippen LogP contribution in [0.25, 0.3) is 109 Å². The van der Waals surface area contributed by atoms with Gasteiger partial charge in [-0.1, -0.05) is 121 Å². The zero-order valence-corrected chi connectivity index (χ0v) is 27.5. The third-order valence-corrected chi connectivity index (χ3v) is 11.1. The molecular formula is C48H28N2O. The lowest BCUT2D eigenvalue weighted by Crippen LogP contribution is -1.95. The van der Waals surface area contributed by atoms with Crippen molar-refractivity contribution in [3.8, 4) is 11.4 Å². The Morgan fingerprint density at radius 2 is 0.667 bits per heavy atom. The van der Waals surface area contributed by atoms with Crippen molar-refractivity contribution in [2.45, 2.75) is 0 Å². The van der Waals surface area contributed by atoms with Crippen LogP contribution in [0.4, 0.5) is 0 Å². The minimum atomic E-state index is 0.902. The molecule has 0 saturated carbocycles. The maximum atomic E-state index is 7.24.